The molecule has 1 aromatic carbocycles. The molecule has 0 aliphatic heterocycles. The van der Waals surface area contributed by atoms with Gasteiger partial charge in [-0.25, -0.2) is 0 Å². The van der Waals surface area contributed by atoms with Crippen molar-refractivity contribution in [2.45, 2.75) is 56.9 Å². The third-order valence-electron chi connectivity index (χ3n) is 4.31. The molecule has 0 aromatic heterocycles. The zero-order valence-corrected chi connectivity index (χ0v) is 12.1. The molecule has 0 radical (unpaired) electrons. The van der Waals surface area contributed by atoms with Crippen LogP contribution in [0.2, 0.25) is 0 Å². The van der Waals surface area contributed by atoms with Gasteiger partial charge in [0.1, 0.15) is 0 Å². The second kappa shape index (κ2) is 7.44. The highest BCUT2D eigenvalue weighted by atomic mass is 16.4. The van der Waals surface area contributed by atoms with Crippen LogP contribution >= 0.6 is 0 Å². The van der Waals surface area contributed by atoms with E-state index in [1.165, 1.54) is 37.7 Å². The average molecular weight is 275 g/mol. The quantitative estimate of drug-likeness (QED) is 0.746. The standard InChI is InChI=1S/C17H25NO2/c19-16(20)11-5-8-14-18-17(12-6-2-7-13-17)15-9-3-1-4-10-15/h1,3-4,9-10,18H,2,5-8,11-14H2,(H,19,20). The number of rotatable bonds is 7. The minimum atomic E-state index is -0.694. The van der Waals surface area contributed by atoms with Crippen LogP contribution in [0, 0.1) is 0 Å². The molecule has 1 aromatic rings. The van der Waals surface area contributed by atoms with Crippen molar-refractivity contribution in [2.75, 3.05) is 6.54 Å². The number of hydrogen-bond acceptors (Lipinski definition) is 2. The van der Waals surface area contributed by atoms with Crippen molar-refractivity contribution in [3.05, 3.63) is 35.9 Å². The highest BCUT2D eigenvalue weighted by molar-refractivity contribution is 5.66. The van der Waals surface area contributed by atoms with Crippen molar-refractivity contribution in [1.82, 2.24) is 5.32 Å². The second-order valence-corrected chi connectivity index (χ2v) is 5.79. The van der Waals surface area contributed by atoms with E-state index in [-0.39, 0.29) is 12.0 Å². The van der Waals surface area contributed by atoms with Crippen molar-refractivity contribution in [1.29, 1.82) is 0 Å². The Morgan fingerprint density at radius 2 is 1.80 bits per heavy atom. The van der Waals surface area contributed by atoms with E-state index < -0.39 is 5.97 Å². The fourth-order valence-corrected chi connectivity index (χ4v) is 3.21. The third kappa shape index (κ3) is 4.07. The molecule has 20 heavy (non-hydrogen) atoms. The van der Waals surface area contributed by atoms with Crippen LogP contribution in [0.4, 0.5) is 0 Å². The average Bonchev–Trinajstić information content (AvgIpc) is 2.48. The zero-order valence-electron chi connectivity index (χ0n) is 12.1. The molecular weight excluding hydrogens is 250 g/mol. The molecule has 0 spiro atoms. The summed E-state index contributed by atoms with van der Waals surface area (Å²) in [7, 11) is 0. The number of hydrogen-bond donors (Lipinski definition) is 2. The fraction of sp³-hybridized carbons (Fsp3) is 0.588. The maximum absolute atomic E-state index is 10.5. The normalized spacial score (nSPS) is 17.8. The van der Waals surface area contributed by atoms with Gasteiger partial charge >= 0.3 is 5.97 Å². The Balaban J connectivity index is 1.92. The van der Waals surface area contributed by atoms with Gasteiger partial charge in [-0.1, -0.05) is 49.6 Å². The third-order valence-corrected chi connectivity index (χ3v) is 4.31. The lowest BCUT2D eigenvalue weighted by atomic mass is 9.76. The summed E-state index contributed by atoms with van der Waals surface area (Å²) < 4.78 is 0. The van der Waals surface area contributed by atoms with Crippen LogP contribution in [0.5, 0.6) is 0 Å². The monoisotopic (exact) mass is 275 g/mol. The molecule has 3 heteroatoms. The molecule has 1 fully saturated rings. The first-order valence-electron chi connectivity index (χ1n) is 7.75. The first-order chi connectivity index (χ1) is 9.73. The van der Waals surface area contributed by atoms with Gasteiger partial charge in [0.2, 0.25) is 0 Å². The topological polar surface area (TPSA) is 49.3 Å². The SMILES string of the molecule is O=C(O)CCCCNC1(c2ccccc2)CCCCC1. The molecule has 3 nitrogen and oxygen atoms in total. The molecule has 0 heterocycles. The van der Waals surface area contributed by atoms with Gasteiger partial charge in [-0.15, -0.1) is 0 Å². The minimum absolute atomic E-state index is 0.114. The van der Waals surface area contributed by atoms with Gasteiger partial charge in [-0.3, -0.25) is 4.79 Å². The van der Waals surface area contributed by atoms with Gasteiger partial charge in [-0.05, 0) is 37.8 Å². The Morgan fingerprint density at radius 3 is 2.45 bits per heavy atom. The van der Waals surface area contributed by atoms with E-state index in [1.807, 2.05) is 0 Å². The van der Waals surface area contributed by atoms with Crippen molar-refractivity contribution >= 4 is 5.97 Å². The summed E-state index contributed by atoms with van der Waals surface area (Å²) in [5, 5.41) is 12.4. The lowest BCUT2D eigenvalue weighted by Gasteiger charge is -2.39. The van der Waals surface area contributed by atoms with Gasteiger partial charge in [0.15, 0.2) is 0 Å². The number of nitrogens with one attached hydrogen (secondary N) is 1. The maximum atomic E-state index is 10.5. The fourth-order valence-electron chi connectivity index (χ4n) is 3.21. The number of benzene rings is 1. The van der Waals surface area contributed by atoms with Crippen LogP contribution in [0.25, 0.3) is 0 Å². The Morgan fingerprint density at radius 1 is 1.10 bits per heavy atom. The summed E-state index contributed by atoms with van der Waals surface area (Å²) in [5.41, 5.74) is 1.50. The Kier molecular flexibility index (Phi) is 5.60. The largest absolute Gasteiger partial charge is 0.481 e. The molecule has 110 valence electrons. The summed E-state index contributed by atoms with van der Waals surface area (Å²) in [6.07, 6.45) is 8.23. The Labute approximate surface area is 121 Å². The molecule has 2 N–H and O–H groups in total. The first-order valence-corrected chi connectivity index (χ1v) is 7.75. The molecule has 0 unspecified atom stereocenters. The summed E-state index contributed by atoms with van der Waals surface area (Å²) in [5.74, 6) is -0.694. The first kappa shape index (κ1) is 15.0. The summed E-state index contributed by atoms with van der Waals surface area (Å²) in [6.45, 7) is 0.905. The zero-order chi connectivity index (χ0) is 14.3. The van der Waals surface area contributed by atoms with Gasteiger partial charge in [0.05, 0.1) is 0 Å². The van der Waals surface area contributed by atoms with E-state index >= 15 is 0 Å². The molecule has 0 saturated heterocycles. The van der Waals surface area contributed by atoms with Crippen molar-refractivity contribution < 1.29 is 9.90 Å². The molecule has 1 saturated carbocycles. The molecule has 0 bridgehead atoms. The molecular formula is C17H25NO2. The molecule has 1 aliphatic carbocycles. The van der Waals surface area contributed by atoms with Crippen LogP contribution in [0.1, 0.15) is 56.9 Å². The second-order valence-electron chi connectivity index (χ2n) is 5.79. The van der Waals surface area contributed by atoms with Crippen molar-refractivity contribution in [3.8, 4) is 0 Å². The lowest BCUT2D eigenvalue weighted by molar-refractivity contribution is -0.137. The van der Waals surface area contributed by atoms with E-state index in [0.717, 1.165) is 19.4 Å². The van der Waals surface area contributed by atoms with Gasteiger partial charge in [0.25, 0.3) is 0 Å². The molecule has 0 amide bonds. The van der Waals surface area contributed by atoms with Crippen molar-refractivity contribution in [2.24, 2.45) is 0 Å². The van der Waals surface area contributed by atoms with E-state index in [9.17, 15) is 4.79 Å². The predicted molar refractivity (Wildman–Crippen MR) is 80.7 cm³/mol. The smallest absolute Gasteiger partial charge is 0.303 e. The van der Waals surface area contributed by atoms with Gasteiger partial charge in [0, 0.05) is 12.0 Å². The van der Waals surface area contributed by atoms with Gasteiger partial charge < -0.3 is 10.4 Å². The highest BCUT2D eigenvalue weighted by Crippen LogP contribution is 2.36. The summed E-state index contributed by atoms with van der Waals surface area (Å²) in [4.78, 5) is 10.5. The number of aliphatic carboxylic acids is 1. The Hall–Kier alpha value is -1.35. The minimum Gasteiger partial charge on any atom is -0.481 e. The maximum Gasteiger partial charge on any atom is 0.303 e. The molecule has 1 aliphatic rings. The Bertz CT molecular complexity index is 410. The van der Waals surface area contributed by atoms with Gasteiger partial charge in [-0.2, -0.15) is 0 Å². The number of carbonyl (C=O) groups is 1. The van der Waals surface area contributed by atoms with Crippen molar-refractivity contribution in [3.63, 3.8) is 0 Å². The number of carboxylic acids is 1. The predicted octanol–water partition coefficient (Wildman–Crippen LogP) is 3.69. The van der Waals surface area contributed by atoms with Crippen LogP contribution in [-0.4, -0.2) is 17.6 Å². The summed E-state index contributed by atoms with van der Waals surface area (Å²) in [6, 6.07) is 10.7. The molecule has 2 rings (SSSR count). The van der Waals surface area contributed by atoms with E-state index in [4.69, 9.17) is 5.11 Å². The summed E-state index contributed by atoms with van der Waals surface area (Å²) >= 11 is 0. The van der Waals surface area contributed by atoms with Crippen LogP contribution in [0.15, 0.2) is 30.3 Å². The molecule has 0 atom stereocenters. The highest BCUT2D eigenvalue weighted by Gasteiger charge is 2.32. The van der Waals surface area contributed by atoms with Crippen LogP contribution in [0.3, 0.4) is 0 Å². The van der Waals surface area contributed by atoms with E-state index in [2.05, 4.69) is 35.6 Å². The number of unbranched alkanes of at least 4 members (excludes halogenated alkanes) is 1. The lowest BCUT2D eigenvalue weighted by Crippen LogP contribution is -2.44. The van der Waals surface area contributed by atoms with Crippen LogP contribution < -0.4 is 5.32 Å². The van der Waals surface area contributed by atoms with E-state index in [1.54, 1.807) is 0 Å². The number of carboxylic acid groups (broad SMARTS) is 1. The van der Waals surface area contributed by atoms with Crippen LogP contribution in [-0.2, 0) is 10.3 Å². The van der Waals surface area contributed by atoms with E-state index in [0.29, 0.717) is 0 Å².